The van der Waals surface area contributed by atoms with Gasteiger partial charge in [-0.25, -0.2) is 0 Å². The minimum Gasteiger partial charge on any atom is -0.385 e. The van der Waals surface area contributed by atoms with E-state index in [2.05, 4.69) is 15.6 Å². The summed E-state index contributed by atoms with van der Waals surface area (Å²) in [6, 6.07) is 0. The summed E-state index contributed by atoms with van der Waals surface area (Å²) in [6.45, 7) is 4.84. The zero-order valence-electron chi connectivity index (χ0n) is 9.76. The van der Waals surface area contributed by atoms with Gasteiger partial charge in [-0.1, -0.05) is 5.21 Å². The second kappa shape index (κ2) is 9.26. The van der Waals surface area contributed by atoms with Gasteiger partial charge >= 0.3 is 0 Å². The molecule has 0 fully saturated rings. The first-order chi connectivity index (χ1) is 7.93. The molecule has 6 nitrogen and oxygen atoms in total. The molecule has 0 spiro atoms. The van der Waals surface area contributed by atoms with E-state index >= 15 is 0 Å². The van der Waals surface area contributed by atoms with Crippen LogP contribution >= 0.6 is 0 Å². The minimum atomic E-state index is 0.737. The fourth-order valence-corrected chi connectivity index (χ4v) is 1.22. The highest BCUT2D eigenvalue weighted by atomic mass is 16.5. The van der Waals surface area contributed by atoms with Crippen LogP contribution in [0.15, 0.2) is 12.4 Å². The van der Waals surface area contributed by atoms with Crippen molar-refractivity contribution in [3.05, 3.63) is 12.4 Å². The van der Waals surface area contributed by atoms with Crippen molar-refractivity contribution in [2.45, 2.75) is 13.0 Å². The summed E-state index contributed by atoms with van der Waals surface area (Å²) in [5.41, 5.74) is 0. The highest BCUT2D eigenvalue weighted by Gasteiger charge is 1.92. The Morgan fingerprint density at radius 1 is 1.25 bits per heavy atom. The van der Waals surface area contributed by atoms with E-state index in [4.69, 9.17) is 9.47 Å². The quantitative estimate of drug-likeness (QED) is 0.568. The van der Waals surface area contributed by atoms with Crippen molar-refractivity contribution in [1.82, 2.24) is 20.3 Å². The Kier molecular flexibility index (Phi) is 7.57. The fraction of sp³-hybridized carbons (Fsp3) is 0.800. The fourth-order valence-electron chi connectivity index (χ4n) is 1.22. The molecule has 0 aromatic carbocycles. The van der Waals surface area contributed by atoms with Gasteiger partial charge in [0.25, 0.3) is 0 Å². The van der Waals surface area contributed by atoms with Crippen LogP contribution in [-0.4, -0.2) is 55.0 Å². The first-order valence-corrected chi connectivity index (χ1v) is 5.55. The Morgan fingerprint density at radius 3 is 2.94 bits per heavy atom. The normalized spacial score (nSPS) is 10.8. The van der Waals surface area contributed by atoms with Crippen LogP contribution < -0.4 is 5.32 Å². The summed E-state index contributed by atoms with van der Waals surface area (Å²) in [5.74, 6) is 0. The summed E-state index contributed by atoms with van der Waals surface area (Å²) >= 11 is 0. The topological polar surface area (TPSA) is 61.2 Å². The summed E-state index contributed by atoms with van der Waals surface area (Å²) < 4.78 is 12.1. The molecule has 92 valence electrons. The number of nitrogens with one attached hydrogen (secondary N) is 1. The van der Waals surface area contributed by atoms with Crippen LogP contribution in [-0.2, 0) is 16.0 Å². The van der Waals surface area contributed by atoms with E-state index in [1.54, 1.807) is 18.0 Å². The molecular weight excluding hydrogens is 208 g/mol. The van der Waals surface area contributed by atoms with Crippen molar-refractivity contribution in [3.8, 4) is 0 Å². The van der Waals surface area contributed by atoms with Gasteiger partial charge in [0, 0.05) is 39.6 Å². The van der Waals surface area contributed by atoms with Crippen molar-refractivity contribution in [2.75, 3.05) is 40.0 Å². The van der Waals surface area contributed by atoms with E-state index in [0.717, 1.165) is 45.9 Å². The van der Waals surface area contributed by atoms with Gasteiger partial charge in [-0.2, -0.15) is 0 Å². The standard InChI is InChI=1S/C10H20N4O2/c1-15-8-2-9-16-10-5-11-3-6-14-7-4-12-13-14/h4,7,11H,2-3,5-6,8-10H2,1H3. The van der Waals surface area contributed by atoms with E-state index in [9.17, 15) is 0 Å². The van der Waals surface area contributed by atoms with Crippen LogP contribution in [0.25, 0.3) is 0 Å². The lowest BCUT2D eigenvalue weighted by Crippen LogP contribution is -2.24. The average Bonchev–Trinajstić information content (AvgIpc) is 2.80. The first kappa shape index (κ1) is 13.1. The second-order valence-electron chi connectivity index (χ2n) is 3.37. The Hall–Kier alpha value is -0.980. The monoisotopic (exact) mass is 228 g/mol. The molecule has 0 bridgehead atoms. The van der Waals surface area contributed by atoms with Crippen molar-refractivity contribution in [2.24, 2.45) is 0 Å². The second-order valence-corrected chi connectivity index (χ2v) is 3.37. The molecule has 0 amide bonds. The molecule has 0 radical (unpaired) electrons. The number of hydrogen-bond donors (Lipinski definition) is 1. The zero-order chi connectivity index (χ0) is 11.5. The number of nitrogens with zero attached hydrogens (tertiary/aromatic N) is 3. The molecule has 16 heavy (non-hydrogen) atoms. The third-order valence-corrected chi connectivity index (χ3v) is 2.05. The van der Waals surface area contributed by atoms with Gasteiger partial charge in [0.05, 0.1) is 19.3 Å². The van der Waals surface area contributed by atoms with Crippen LogP contribution in [0.5, 0.6) is 0 Å². The SMILES string of the molecule is COCCCOCCNCCn1ccnn1. The lowest BCUT2D eigenvalue weighted by molar-refractivity contribution is 0.104. The largest absolute Gasteiger partial charge is 0.385 e. The summed E-state index contributed by atoms with van der Waals surface area (Å²) in [6.07, 6.45) is 4.48. The number of hydrogen-bond acceptors (Lipinski definition) is 5. The molecular formula is C10H20N4O2. The molecule has 0 atom stereocenters. The number of methoxy groups -OCH3 is 1. The first-order valence-electron chi connectivity index (χ1n) is 5.55. The highest BCUT2D eigenvalue weighted by Crippen LogP contribution is 1.83. The summed E-state index contributed by atoms with van der Waals surface area (Å²) in [7, 11) is 1.70. The zero-order valence-corrected chi connectivity index (χ0v) is 9.76. The third kappa shape index (κ3) is 6.49. The molecule has 0 aliphatic carbocycles. The number of rotatable bonds is 10. The highest BCUT2D eigenvalue weighted by molar-refractivity contribution is 4.64. The Bertz CT molecular complexity index is 241. The van der Waals surface area contributed by atoms with Gasteiger partial charge in [0.1, 0.15) is 0 Å². The minimum absolute atomic E-state index is 0.737. The van der Waals surface area contributed by atoms with Crippen molar-refractivity contribution in [3.63, 3.8) is 0 Å². The molecule has 1 heterocycles. The summed E-state index contributed by atoms with van der Waals surface area (Å²) in [4.78, 5) is 0. The van der Waals surface area contributed by atoms with Gasteiger partial charge in [-0.3, -0.25) is 4.68 Å². The van der Waals surface area contributed by atoms with Gasteiger partial charge in [-0.15, -0.1) is 5.10 Å². The van der Waals surface area contributed by atoms with Crippen LogP contribution in [0.1, 0.15) is 6.42 Å². The Morgan fingerprint density at radius 2 is 2.19 bits per heavy atom. The molecule has 1 rings (SSSR count). The van der Waals surface area contributed by atoms with Gasteiger partial charge in [-0.05, 0) is 6.42 Å². The molecule has 0 unspecified atom stereocenters. The molecule has 0 saturated heterocycles. The van der Waals surface area contributed by atoms with Crippen LogP contribution in [0, 0.1) is 0 Å². The lowest BCUT2D eigenvalue weighted by atomic mass is 10.5. The smallest absolute Gasteiger partial charge is 0.0692 e. The van der Waals surface area contributed by atoms with Crippen LogP contribution in [0.2, 0.25) is 0 Å². The molecule has 1 aromatic rings. The van der Waals surface area contributed by atoms with Crippen LogP contribution in [0.4, 0.5) is 0 Å². The Labute approximate surface area is 95.9 Å². The molecule has 0 aliphatic rings. The molecule has 6 heteroatoms. The van der Waals surface area contributed by atoms with Crippen LogP contribution in [0.3, 0.4) is 0 Å². The van der Waals surface area contributed by atoms with Crippen molar-refractivity contribution in [1.29, 1.82) is 0 Å². The average molecular weight is 228 g/mol. The molecule has 1 N–H and O–H groups in total. The number of aromatic nitrogens is 3. The van der Waals surface area contributed by atoms with E-state index < -0.39 is 0 Å². The molecule has 0 saturated carbocycles. The van der Waals surface area contributed by atoms with Gasteiger partial charge in [0.2, 0.25) is 0 Å². The van der Waals surface area contributed by atoms with Crippen molar-refractivity contribution >= 4 is 0 Å². The van der Waals surface area contributed by atoms with E-state index in [1.807, 2.05) is 6.20 Å². The maximum Gasteiger partial charge on any atom is 0.0692 e. The molecule has 1 aromatic heterocycles. The van der Waals surface area contributed by atoms with E-state index in [1.165, 1.54) is 0 Å². The lowest BCUT2D eigenvalue weighted by Gasteiger charge is -2.05. The van der Waals surface area contributed by atoms with E-state index in [-0.39, 0.29) is 0 Å². The maximum absolute atomic E-state index is 5.40. The van der Waals surface area contributed by atoms with E-state index in [0.29, 0.717) is 0 Å². The molecule has 0 aliphatic heterocycles. The summed E-state index contributed by atoms with van der Waals surface area (Å²) in [5, 5.41) is 10.9. The van der Waals surface area contributed by atoms with Gasteiger partial charge < -0.3 is 14.8 Å². The van der Waals surface area contributed by atoms with Crippen molar-refractivity contribution < 1.29 is 9.47 Å². The predicted molar refractivity (Wildman–Crippen MR) is 60.2 cm³/mol. The Balaban J connectivity index is 1.78. The number of ether oxygens (including phenoxy) is 2. The third-order valence-electron chi connectivity index (χ3n) is 2.05. The predicted octanol–water partition coefficient (Wildman–Crippen LogP) is -0.0792. The van der Waals surface area contributed by atoms with Gasteiger partial charge in [0.15, 0.2) is 0 Å². The maximum atomic E-state index is 5.40.